The van der Waals surface area contributed by atoms with E-state index in [-0.39, 0.29) is 5.91 Å². The smallest absolute Gasteiger partial charge is 0.258 e. The minimum Gasteiger partial charge on any atom is -0.322 e. The van der Waals surface area contributed by atoms with Crippen molar-refractivity contribution in [2.45, 2.75) is 19.8 Å². The van der Waals surface area contributed by atoms with Crippen LogP contribution in [0.1, 0.15) is 35.7 Å². The highest BCUT2D eigenvalue weighted by Crippen LogP contribution is 2.25. The lowest BCUT2D eigenvalue weighted by Crippen LogP contribution is -2.14. The van der Waals surface area contributed by atoms with Crippen molar-refractivity contribution in [1.82, 2.24) is 15.0 Å². The predicted octanol–water partition coefficient (Wildman–Crippen LogP) is 5.14. The molecule has 0 aliphatic rings. The van der Waals surface area contributed by atoms with E-state index >= 15 is 0 Å². The van der Waals surface area contributed by atoms with Crippen LogP contribution < -0.4 is 10.6 Å². The Kier molecular flexibility index (Phi) is 5.16. The van der Waals surface area contributed by atoms with Gasteiger partial charge in [0.25, 0.3) is 5.91 Å². The first-order chi connectivity index (χ1) is 14.1. The zero-order valence-corrected chi connectivity index (χ0v) is 16.3. The number of hydrogen-bond donors (Lipinski definition) is 2. The molecular weight excluding hydrogens is 362 g/mol. The number of amides is 1. The minimum atomic E-state index is -0.239. The zero-order chi connectivity index (χ0) is 20.2. The van der Waals surface area contributed by atoms with Gasteiger partial charge in [-0.1, -0.05) is 50.2 Å². The molecule has 0 fully saturated rings. The molecule has 6 nitrogen and oxygen atoms in total. The van der Waals surface area contributed by atoms with Crippen LogP contribution in [0.25, 0.3) is 10.9 Å². The standard InChI is InChI=1S/C23H21N5O/c1-15(2)18-9-3-4-10-19(18)27-22(29)17-13-25-23(26-14-17)28-20-11-5-7-16-8-6-12-24-21(16)20/h3-15H,1-2H3,(H,27,29)(H,25,26,28). The fourth-order valence-electron chi connectivity index (χ4n) is 3.14. The minimum absolute atomic E-state index is 0.239. The Hall–Kier alpha value is -3.80. The van der Waals surface area contributed by atoms with Gasteiger partial charge < -0.3 is 10.6 Å². The van der Waals surface area contributed by atoms with E-state index < -0.39 is 0 Å². The van der Waals surface area contributed by atoms with E-state index in [9.17, 15) is 4.79 Å². The fraction of sp³-hybridized carbons (Fsp3) is 0.130. The number of nitrogens with zero attached hydrogens (tertiary/aromatic N) is 3. The summed E-state index contributed by atoms with van der Waals surface area (Å²) in [6, 6.07) is 17.5. The monoisotopic (exact) mass is 383 g/mol. The SMILES string of the molecule is CC(C)c1ccccc1NC(=O)c1cnc(Nc2cccc3cccnc23)nc1. The number of aromatic nitrogens is 3. The highest BCUT2D eigenvalue weighted by Gasteiger charge is 2.12. The zero-order valence-electron chi connectivity index (χ0n) is 16.3. The lowest BCUT2D eigenvalue weighted by molar-refractivity contribution is 0.102. The number of hydrogen-bond acceptors (Lipinski definition) is 5. The fourth-order valence-corrected chi connectivity index (χ4v) is 3.14. The van der Waals surface area contributed by atoms with Crippen LogP contribution in [-0.4, -0.2) is 20.9 Å². The molecule has 0 saturated heterocycles. The molecule has 6 heteroatoms. The summed E-state index contributed by atoms with van der Waals surface area (Å²) >= 11 is 0. The molecule has 2 N–H and O–H groups in total. The van der Waals surface area contributed by atoms with E-state index in [1.165, 1.54) is 12.4 Å². The number of pyridine rings is 1. The van der Waals surface area contributed by atoms with Gasteiger partial charge in [0.1, 0.15) is 0 Å². The van der Waals surface area contributed by atoms with Crippen LogP contribution in [-0.2, 0) is 0 Å². The largest absolute Gasteiger partial charge is 0.322 e. The van der Waals surface area contributed by atoms with Gasteiger partial charge in [-0.3, -0.25) is 9.78 Å². The average Bonchev–Trinajstić information content (AvgIpc) is 2.75. The maximum Gasteiger partial charge on any atom is 0.258 e. The summed E-state index contributed by atoms with van der Waals surface area (Å²) < 4.78 is 0. The second-order valence-corrected chi connectivity index (χ2v) is 7.00. The van der Waals surface area contributed by atoms with Crippen LogP contribution in [0.2, 0.25) is 0 Å². The number of benzene rings is 2. The molecule has 2 aromatic carbocycles. The van der Waals surface area contributed by atoms with Crippen molar-refractivity contribution in [3.05, 3.63) is 84.3 Å². The average molecular weight is 383 g/mol. The summed E-state index contributed by atoms with van der Waals surface area (Å²) in [6.07, 6.45) is 4.78. The lowest BCUT2D eigenvalue weighted by atomic mass is 10.0. The van der Waals surface area contributed by atoms with Crippen molar-refractivity contribution in [1.29, 1.82) is 0 Å². The van der Waals surface area contributed by atoms with Gasteiger partial charge in [0.2, 0.25) is 5.95 Å². The molecule has 0 saturated carbocycles. The van der Waals surface area contributed by atoms with Crippen molar-refractivity contribution in [3.8, 4) is 0 Å². The number of anilines is 3. The van der Waals surface area contributed by atoms with Gasteiger partial charge >= 0.3 is 0 Å². The van der Waals surface area contributed by atoms with E-state index in [1.807, 2.05) is 54.6 Å². The summed E-state index contributed by atoms with van der Waals surface area (Å²) in [5.41, 5.74) is 3.93. The van der Waals surface area contributed by atoms with Gasteiger partial charge in [-0.25, -0.2) is 9.97 Å². The number of para-hydroxylation sites is 2. The van der Waals surface area contributed by atoms with Gasteiger partial charge in [0.15, 0.2) is 0 Å². The summed E-state index contributed by atoms with van der Waals surface area (Å²) in [5.74, 6) is 0.474. The van der Waals surface area contributed by atoms with Gasteiger partial charge in [-0.2, -0.15) is 0 Å². The van der Waals surface area contributed by atoms with Crippen LogP contribution in [0.5, 0.6) is 0 Å². The van der Waals surface area contributed by atoms with E-state index in [4.69, 9.17) is 0 Å². The van der Waals surface area contributed by atoms with Crippen molar-refractivity contribution in [2.75, 3.05) is 10.6 Å². The molecular formula is C23H21N5O. The van der Waals surface area contributed by atoms with Gasteiger partial charge in [-0.15, -0.1) is 0 Å². The lowest BCUT2D eigenvalue weighted by Gasteiger charge is -2.13. The molecule has 0 aliphatic carbocycles. The summed E-state index contributed by atoms with van der Waals surface area (Å²) in [7, 11) is 0. The van der Waals surface area contributed by atoms with E-state index in [2.05, 4.69) is 39.4 Å². The quantitative estimate of drug-likeness (QED) is 0.498. The molecule has 0 radical (unpaired) electrons. The summed E-state index contributed by atoms with van der Waals surface area (Å²) in [6.45, 7) is 4.19. The second-order valence-electron chi connectivity index (χ2n) is 7.00. The number of carbonyl (C=O) groups is 1. The van der Waals surface area contributed by atoms with E-state index in [1.54, 1.807) is 6.20 Å². The van der Waals surface area contributed by atoms with Crippen molar-refractivity contribution < 1.29 is 4.79 Å². The van der Waals surface area contributed by atoms with Gasteiger partial charge in [-0.05, 0) is 29.7 Å². The topological polar surface area (TPSA) is 79.8 Å². The molecule has 0 atom stereocenters. The number of nitrogens with one attached hydrogen (secondary N) is 2. The highest BCUT2D eigenvalue weighted by atomic mass is 16.1. The summed E-state index contributed by atoms with van der Waals surface area (Å²) in [5, 5.41) is 7.15. The predicted molar refractivity (Wildman–Crippen MR) is 116 cm³/mol. The van der Waals surface area contributed by atoms with Crippen molar-refractivity contribution in [2.24, 2.45) is 0 Å². The Labute approximate surface area is 169 Å². The first-order valence-electron chi connectivity index (χ1n) is 9.45. The summed E-state index contributed by atoms with van der Waals surface area (Å²) in [4.78, 5) is 25.6. The molecule has 4 aromatic rings. The van der Waals surface area contributed by atoms with Crippen LogP contribution in [0, 0.1) is 0 Å². The first kappa shape index (κ1) is 18.6. The Bertz CT molecular complexity index is 1150. The van der Waals surface area contributed by atoms with Crippen LogP contribution >= 0.6 is 0 Å². The second kappa shape index (κ2) is 8.06. The third-order valence-corrected chi connectivity index (χ3v) is 4.62. The Morgan fingerprint density at radius 1 is 0.862 bits per heavy atom. The first-order valence-corrected chi connectivity index (χ1v) is 9.45. The normalized spacial score (nSPS) is 10.9. The van der Waals surface area contributed by atoms with Crippen molar-refractivity contribution in [3.63, 3.8) is 0 Å². The third-order valence-electron chi connectivity index (χ3n) is 4.62. The maximum atomic E-state index is 12.6. The van der Waals surface area contributed by atoms with Gasteiger partial charge in [0.05, 0.1) is 16.8 Å². The highest BCUT2D eigenvalue weighted by molar-refractivity contribution is 6.04. The van der Waals surface area contributed by atoms with Crippen LogP contribution in [0.3, 0.4) is 0 Å². The Morgan fingerprint density at radius 3 is 2.38 bits per heavy atom. The number of carbonyl (C=O) groups excluding carboxylic acids is 1. The van der Waals surface area contributed by atoms with Crippen LogP contribution in [0.4, 0.5) is 17.3 Å². The molecule has 29 heavy (non-hydrogen) atoms. The molecule has 0 unspecified atom stereocenters. The Morgan fingerprint density at radius 2 is 1.59 bits per heavy atom. The number of rotatable bonds is 5. The molecule has 0 bridgehead atoms. The maximum absolute atomic E-state index is 12.6. The van der Waals surface area contributed by atoms with Crippen molar-refractivity contribution >= 4 is 34.1 Å². The van der Waals surface area contributed by atoms with Gasteiger partial charge in [0, 0.05) is 29.7 Å². The van der Waals surface area contributed by atoms with Crippen LogP contribution in [0.15, 0.2) is 73.2 Å². The molecule has 0 aliphatic heterocycles. The van der Waals surface area contributed by atoms with E-state index in [0.29, 0.717) is 17.4 Å². The Balaban J connectivity index is 1.51. The molecule has 0 spiro atoms. The number of fused-ring (bicyclic) bond motifs is 1. The molecule has 2 aromatic heterocycles. The molecule has 2 heterocycles. The molecule has 4 rings (SSSR count). The molecule has 1 amide bonds. The van der Waals surface area contributed by atoms with E-state index in [0.717, 1.165) is 27.8 Å². The third kappa shape index (κ3) is 4.06. The molecule has 144 valence electrons.